The van der Waals surface area contributed by atoms with Gasteiger partial charge < -0.3 is 31.3 Å². The third-order valence-corrected chi connectivity index (χ3v) is 12.2. The molecule has 356 valence electrons. The molecule has 0 spiro atoms. The lowest BCUT2D eigenvalue weighted by Crippen LogP contribution is -2.52. The molecule has 0 radical (unpaired) electrons. The Morgan fingerprint density at radius 3 is 2.49 bits per heavy atom. The fourth-order valence-corrected chi connectivity index (χ4v) is 8.62. The van der Waals surface area contributed by atoms with E-state index in [9.17, 15) is 28.0 Å². The molecule has 1 fully saturated rings. The number of rotatable bonds is 20. The second-order valence-electron chi connectivity index (χ2n) is 16.9. The van der Waals surface area contributed by atoms with Gasteiger partial charge in [-0.15, -0.1) is 0 Å². The first kappa shape index (κ1) is 48.2. The lowest BCUT2D eigenvalue weighted by atomic mass is 9.95. The quantitative estimate of drug-likeness (QED) is 0.0249. The Labute approximate surface area is 401 Å². The van der Waals surface area contributed by atoms with E-state index in [0.29, 0.717) is 94.2 Å². The number of hydrogen-bond donors (Lipinski definition) is 6. The largest absolute Gasteiger partial charge is 0.387 e. The molecule has 1 aromatic heterocycles. The number of piperidine rings is 1. The fraction of sp³-hybridized carbons (Fsp3) is 0.300. The molecule has 8 rings (SSSR count). The van der Waals surface area contributed by atoms with Crippen molar-refractivity contribution in [2.75, 3.05) is 30.4 Å². The van der Waals surface area contributed by atoms with Crippen molar-refractivity contribution in [2.24, 2.45) is 15.8 Å². The molecule has 3 aliphatic heterocycles. The van der Waals surface area contributed by atoms with Crippen molar-refractivity contribution in [2.45, 2.75) is 76.5 Å². The number of hydrogen-bond acceptors (Lipinski definition) is 13. The Morgan fingerprint density at radius 2 is 1.71 bits per heavy atom. The Bertz CT molecular complexity index is 2820. The van der Waals surface area contributed by atoms with Crippen LogP contribution in [0.25, 0.3) is 17.0 Å². The van der Waals surface area contributed by atoms with Crippen LogP contribution in [0, 0.1) is 17.2 Å². The van der Waals surface area contributed by atoms with Crippen LogP contribution >= 0.6 is 11.6 Å². The summed E-state index contributed by atoms with van der Waals surface area (Å²) in [6.45, 7) is 1.65. The zero-order valence-electron chi connectivity index (χ0n) is 37.5. The second kappa shape index (κ2) is 22.2. The molecule has 3 aliphatic rings. The van der Waals surface area contributed by atoms with Crippen LogP contribution in [0.2, 0.25) is 5.02 Å². The van der Waals surface area contributed by atoms with Gasteiger partial charge in [-0.2, -0.15) is 5.11 Å². The Hall–Kier alpha value is -7.28. The van der Waals surface area contributed by atoms with Crippen LogP contribution in [0.15, 0.2) is 101 Å². The van der Waals surface area contributed by atoms with E-state index in [2.05, 4.69) is 36.4 Å². The number of benzene rings is 4. The minimum Gasteiger partial charge on any atom is -0.387 e. The number of nitrogens with two attached hydrogens (primary N) is 1. The van der Waals surface area contributed by atoms with Crippen molar-refractivity contribution in [1.82, 2.24) is 25.5 Å². The average Bonchev–Trinajstić information content (AvgIpc) is 3.56. The first-order chi connectivity index (χ1) is 33.4. The van der Waals surface area contributed by atoms with E-state index in [1.807, 2.05) is 0 Å². The molecular formula is C50H50ClF2N11O5. The molecular weight excluding hydrogens is 908 g/mol. The summed E-state index contributed by atoms with van der Waals surface area (Å²) >= 11 is 6.36. The van der Waals surface area contributed by atoms with Crippen molar-refractivity contribution < 1.29 is 32.7 Å². The van der Waals surface area contributed by atoms with Gasteiger partial charge in [0.15, 0.2) is 0 Å². The highest BCUT2D eigenvalue weighted by atomic mass is 35.5. The standard InChI is InChI=1S/C50H50ClF2N11O5/c51-32-12-16-37-38(22-32)47(45-39(52)7-6-8-40(45)53)57-23-31-24-58-50(62-46(31)37)60-34-13-10-29(11-14-34)41(63-55)26-56-25-33(54)28-69-20-5-3-1-2-4-9-43(65)59-35-15-17-36-30(21-35)27-64(49(36)68)42-18-19-44(66)61-48(42)67/h6-8,10-17,21-22,24,26,33,42,55-56H,1-5,9,18-20,23,25,27-28,54H2,(H,59,65)(H,58,60,62)(H,61,66,67)/b41-26-,63-55?. The van der Waals surface area contributed by atoms with Gasteiger partial charge in [0.1, 0.15) is 23.4 Å². The van der Waals surface area contributed by atoms with E-state index in [1.54, 1.807) is 73.1 Å². The molecule has 4 aromatic carbocycles. The van der Waals surface area contributed by atoms with Crippen LogP contribution in [0.1, 0.15) is 89.5 Å². The van der Waals surface area contributed by atoms with Crippen molar-refractivity contribution >= 4 is 64.0 Å². The van der Waals surface area contributed by atoms with Gasteiger partial charge in [-0.3, -0.25) is 29.5 Å². The van der Waals surface area contributed by atoms with Crippen molar-refractivity contribution in [1.29, 1.82) is 5.53 Å². The highest BCUT2D eigenvalue weighted by Gasteiger charge is 2.39. The second-order valence-corrected chi connectivity index (χ2v) is 17.4. The molecule has 0 aliphatic carbocycles. The van der Waals surface area contributed by atoms with Gasteiger partial charge in [-0.1, -0.05) is 55.1 Å². The zero-order chi connectivity index (χ0) is 48.4. The summed E-state index contributed by atoms with van der Waals surface area (Å²) in [4.78, 5) is 64.8. The predicted molar refractivity (Wildman–Crippen MR) is 257 cm³/mol. The molecule has 69 heavy (non-hydrogen) atoms. The molecule has 4 heterocycles. The van der Waals surface area contributed by atoms with Gasteiger partial charge in [0.25, 0.3) is 5.91 Å². The minimum absolute atomic E-state index is 0.0940. The Kier molecular flexibility index (Phi) is 15.5. The molecule has 4 amide bonds. The molecule has 16 nitrogen and oxygen atoms in total. The van der Waals surface area contributed by atoms with Gasteiger partial charge in [-0.05, 0) is 79.4 Å². The number of anilines is 3. The maximum atomic E-state index is 15.0. The lowest BCUT2D eigenvalue weighted by Gasteiger charge is -2.29. The summed E-state index contributed by atoms with van der Waals surface area (Å²) in [7, 11) is 0. The van der Waals surface area contributed by atoms with E-state index in [0.717, 1.165) is 37.7 Å². The molecule has 5 aromatic rings. The monoisotopic (exact) mass is 957 g/mol. The van der Waals surface area contributed by atoms with Crippen LogP contribution in [-0.2, 0) is 32.2 Å². The molecule has 19 heteroatoms. The third-order valence-electron chi connectivity index (χ3n) is 12.0. The summed E-state index contributed by atoms with van der Waals surface area (Å²) in [6, 6.07) is 20.1. The molecule has 7 N–H and O–H groups in total. The van der Waals surface area contributed by atoms with Crippen LogP contribution in [-0.4, -0.2) is 76.1 Å². The van der Waals surface area contributed by atoms with Gasteiger partial charge in [0.2, 0.25) is 23.7 Å². The number of carbonyl (C=O) groups excluding carboxylic acids is 4. The smallest absolute Gasteiger partial charge is 0.255 e. The predicted octanol–water partition coefficient (Wildman–Crippen LogP) is 8.17. The number of halogens is 3. The topological polar surface area (TPSA) is 229 Å². The average molecular weight is 958 g/mol. The number of aromatic nitrogens is 2. The summed E-state index contributed by atoms with van der Waals surface area (Å²) in [5.74, 6) is -2.34. The van der Waals surface area contributed by atoms with Crippen molar-refractivity contribution in [3.8, 4) is 11.3 Å². The Balaban J connectivity index is 0.719. The van der Waals surface area contributed by atoms with Gasteiger partial charge in [-0.25, -0.2) is 24.3 Å². The number of ether oxygens (including phenoxy) is 1. The summed E-state index contributed by atoms with van der Waals surface area (Å²) in [6.07, 6.45) is 8.50. The number of amides is 4. The van der Waals surface area contributed by atoms with Crippen LogP contribution in [0.3, 0.4) is 0 Å². The molecule has 0 saturated carbocycles. The lowest BCUT2D eigenvalue weighted by molar-refractivity contribution is -0.137. The highest BCUT2D eigenvalue weighted by molar-refractivity contribution is 6.31. The van der Waals surface area contributed by atoms with Crippen molar-refractivity contribution in [3.05, 3.63) is 141 Å². The number of nitrogens with one attached hydrogen (secondary N) is 5. The first-order valence-electron chi connectivity index (χ1n) is 22.7. The van der Waals surface area contributed by atoms with E-state index in [1.165, 1.54) is 23.1 Å². The summed E-state index contributed by atoms with van der Waals surface area (Å²) in [5.41, 5.74) is 19.8. The van der Waals surface area contributed by atoms with Gasteiger partial charge in [0.05, 0.1) is 30.1 Å². The van der Waals surface area contributed by atoms with E-state index in [4.69, 9.17) is 32.6 Å². The van der Waals surface area contributed by atoms with Crippen LogP contribution < -0.4 is 27.0 Å². The number of carbonyl (C=O) groups is 4. The third kappa shape index (κ3) is 11.7. The van der Waals surface area contributed by atoms with E-state index >= 15 is 0 Å². The van der Waals surface area contributed by atoms with Crippen molar-refractivity contribution in [3.63, 3.8) is 0 Å². The molecule has 2 atom stereocenters. The van der Waals surface area contributed by atoms with Crippen LogP contribution in [0.5, 0.6) is 0 Å². The van der Waals surface area contributed by atoms with Gasteiger partial charge >= 0.3 is 0 Å². The minimum atomic E-state index is -0.736. The maximum absolute atomic E-state index is 15.0. The number of nitrogens with zero attached hydrogens (tertiary/aromatic N) is 5. The number of fused-ring (bicyclic) bond motifs is 4. The highest BCUT2D eigenvalue weighted by Crippen LogP contribution is 2.35. The SMILES string of the molecule is N=N/C(=C\NCC(N)COCCCCCCCC(=O)Nc1ccc2c(c1)CN(C1CCC(=O)NC1=O)C2=O)c1ccc(Nc2ncc3c(n2)-c2ccc(Cl)cc2C(c2c(F)cccc2F)=NC3)cc1. The first-order valence-corrected chi connectivity index (χ1v) is 23.1. The number of imide groups is 1. The zero-order valence-corrected chi connectivity index (χ0v) is 38.3. The van der Waals surface area contributed by atoms with Gasteiger partial charge in [0, 0.05) is 95.2 Å². The molecule has 2 unspecified atom stereocenters. The fourth-order valence-electron chi connectivity index (χ4n) is 8.45. The number of unbranched alkanes of at least 4 members (excludes halogenated alkanes) is 4. The summed E-state index contributed by atoms with van der Waals surface area (Å²) in [5, 5.41) is 15.6. The molecule has 0 bridgehead atoms. The van der Waals surface area contributed by atoms with Crippen LogP contribution in [0.4, 0.5) is 26.1 Å². The molecule has 1 saturated heterocycles. The Morgan fingerprint density at radius 1 is 0.957 bits per heavy atom. The number of aliphatic imine (C=N–C) groups is 1. The van der Waals surface area contributed by atoms with E-state index in [-0.39, 0.29) is 54.5 Å². The normalized spacial score (nSPS) is 15.9. The summed E-state index contributed by atoms with van der Waals surface area (Å²) < 4.78 is 35.7. The maximum Gasteiger partial charge on any atom is 0.255 e. The van der Waals surface area contributed by atoms with E-state index < -0.39 is 23.6 Å².